The molecule has 0 spiro atoms. The largest absolute Gasteiger partial charge is 0.491 e. The fourth-order valence-corrected chi connectivity index (χ4v) is 2.98. The van der Waals surface area contributed by atoms with E-state index in [0.717, 1.165) is 12.8 Å². The van der Waals surface area contributed by atoms with E-state index in [1.807, 2.05) is 50.2 Å². The molecule has 0 saturated carbocycles. The van der Waals surface area contributed by atoms with Gasteiger partial charge in [0.2, 0.25) is 0 Å². The molecular formula is C26H28N2O4. The maximum Gasteiger partial charge on any atom is 0.255 e. The molecule has 0 aliphatic carbocycles. The highest BCUT2D eigenvalue weighted by atomic mass is 16.5. The molecule has 3 aromatic carbocycles. The number of carbonyl (C=O) groups excluding carboxylic acids is 2. The van der Waals surface area contributed by atoms with Crippen molar-refractivity contribution in [2.75, 3.05) is 23.8 Å². The highest BCUT2D eigenvalue weighted by Gasteiger charge is 2.13. The van der Waals surface area contributed by atoms with E-state index in [-0.39, 0.29) is 11.8 Å². The number of para-hydroxylation sites is 4. The van der Waals surface area contributed by atoms with Gasteiger partial charge in [-0.2, -0.15) is 0 Å². The van der Waals surface area contributed by atoms with Gasteiger partial charge in [-0.05, 0) is 61.4 Å². The lowest BCUT2D eigenvalue weighted by molar-refractivity contribution is 0.101. The molecule has 6 nitrogen and oxygen atoms in total. The molecule has 0 bridgehead atoms. The molecule has 32 heavy (non-hydrogen) atoms. The van der Waals surface area contributed by atoms with Gasteiger partial charge in [0.1, 0.15) is 11.5 Å². The smallest absolute Gasteiger partial charge is 0.255 e. The van der Waals surface area contributed by atoms with Gasteiger partial charge in [-0.15, -0.1) is 0 Å². The van der Waals surface area contributed by atoms with Gasteiger partial charge < -0.3 is 20.1 Å². The Labute approximate surface area is 188 Å². The second-order valence-corrected chi connectivity index (χ2v) is 7.17. The van der Waals surface area contributed by atoms with E-state index in [9.17, 15) is 9.59 Å². The molecule has 0 atom stereocenters. The van der Waals surface area contributed by atoms with Crippen LogP contribution in [0.5, 0.6) is 11.5 Å². The summed E-state index contributed by atoms with van der Waals surface area (Å²) in [6.45, 7) is 5.19. The van der Waals surface area contributed by atoms with E-state index >= 15 is 0 Å². The minimum Gasteiger partial charge on any atom is -0.491 e. The Balaban J connectivity index is 1.66. The third-order valence-corrected chi connectivity index (χ3v) is 4.60. The second kappa shape index (κ2) is 11.6. The molecule has 3 rings (SSSR count). The number of ether oxygens (including phenoxy) is 2. The standard InChI is InChI=1S/C26H28N2O4/c1-3-17-31-23-11-7-5-9-21(23)27-25(29)19-13-15-20(16-14-19)26(30)28-22-10-6-8-12-24(22)32-18-4-2/h5-16H,3-4,17-18H2,1-2H3,(H,27,29)(H,28,30). The quantitative estimate of drug-likeness (QED) is 0.426. The van der Waals surface area contributed by atoms with Crippen LogP contribution >= 0.6 is 0 Å². The normalized spacial score (nSPS) is 10.3. The van der Waals surface area contributed by atoms with Crippen LogP contribution in [0.15, 0.2) is 72.8 Å². The van der Waals surface area contributed by atoms with Crippen molar-refractivity contribution in [1.29, 1.82) is 0 Å². The van der Waals surface area contributed by atoms with Gasteiger partial charge >= 0.3 is 0 Å². The van der Waals surface area contributed by atoms with Crippen LogP contribution in [0, 0.1) is 0 Å². The number of carbonyl (C=O) groups is 2. The van der Waals surface area contributed by atoms with Crippen molar-refractivity contribution in [3.63, 3.8) is 0 Å². The first-order valence-electron chi connectivity index (χ1n) is 10.8. The molecule has 0 saturated heterocycles. The average molecular weight is 433 g/mol. The summed E-state index contributed by atoms with van der Waals surface area (Å²) in [5, 5.41) is 5.74. The Morgan fingerprint density at radius 2 is 1.00 bits per heavy atom. The lowest BCUT2D eigenvalue weighted by Crippen LogP contribution is -2.15. The second-order valence-electron chi connectivity index (χ2n) is 7.17. The summed E-state index contributed by atoms with van der Waals surface area (Å²) in [6, 6.07) is 21.1. The third-order valence-electron chi connectivity index (χ3n) is 4.60. The number of hydrogen-bond acceptors (Lipinski definition) is 4. The van der Waals surface area contributed by atoms with E-state index in [1.165, 1.54) is 0 Å². The Morgan fingerprint density at radius 3 is 1.38 bits per heavy atom. The maximum absolute atomic E-state index is 12.7. The number of hydrogen-bond donors (Lipinski definition) is 2. The lowest BCUT2D eigenvalue weighted by atomic mass is 10.1. The molecule has 0 aromatic heterocycles. The van der Waals surface area contributed by atoms with Crippen molar-refractivity contribution in [3.05, 3.63) is 83.9 Å². The van der Waals surface area contributed by atoms with Gasteiger partial charge in [0, 0.05) is 11.1 Å². The first-order chi connectivity index (χ1) is 15.6. The summed E-state index contributed by atoms with van der Waals surface area (Å²) in [5.74, 6) is 0.705. The first kappa shape index (κ1) is 22.9. The van der Waals surface area contributed by atoms with Crippen molar-refractivity contribution < 1.29 is 19.1 Å². The summed E-state index contributed by atoms with van der Waals surface area (Å²) >= 11 is 0. The predicted octanol–water partition coefficient (Wildman–Crippen LogP) is 5.77. The summed E-state index contributed by atoms with van der Waals surface area (Å²) in [5.41, 5.74) is 2.10. The molecular weight excluding hydrogens is 404 g/mol. The molecule has 6 heteroatoms. The Morgan fingerprint density at radius 1 is 0.625 bits per heavy atom. The minimum atomic E-state index is -0.275. The van der Waals surface area contributed by atoms with Gasteiger partial charge in [0.15, 0.2) is 0 Å². The van der Waals surface area contributed by atoms with E-state index in [0.29, 0.717) is 47.2 Å². The highest BCUT2D eigenvalue weighted by Crippen LogP contribution is 2.26. The van der Waals surface area contributed by atoms with Crippen molar-refractivity contribution in [3.8, 4) is 11.5 Å². The number of nitrogens with one attached hydrogen (secondary N) is 2. The van der Waals surface area contributed by atoms with Crippen LogP contribution in [0.2, 0.25) is 0 Å². The van der Waals surface area contributed by atoms with Crippen molar-refractivity contribution in [2.45, 2.75) is 26.7 Å². The van der Waals surface area contributed by atoms with E-state index in [2.05, 4.69) is 10.6 Å². The third kappa shape index (κ3) is 6.11. The van der Waals surface area contributed by atoms with Gasteiger partial charge in [-0.1, -0.05) is 38.1 Å². The fraction of sp³-hybridized carbons (Fsp3) is 0.231. The lowest BCUT2D eigenvalue weighted by Gasteiger charge is -2.13. The highest BCUT2D eigenvalue weighted by molar-refractivity contribution is 6.07. The van der Waals surface area contributed by atoms with Gasteiger partial charge in [0.25, 0.3) is 11.8 Å². The topological polar surface area (TPSA) is 76.7 Å². The first-order valence-corrected chi connectivity index (χ1v) is 10.8. The van der Waals surface area contributed by atoms with E-state index in [1.54, 1.807) is 36.4 Å². The molecule has 3 aromatic rings. The molecule has 0 aliphatic rings. The molecule has 0 fully saturated rings. The molecule has 0 radical (unpaired) electrons. The van der Waals surface area contributed by atoms with Crippen molar-refractivity contribution >= 4 is 23.2 Å². The van der Waals surface area contributed by atoms with E-state index in [4.69, 9.17) is 9.47 Å². The van der Waals surface area contributed by atoms with Crippen molar-refractivity contribution in [2.24, 2.45) is 0 Å². The minimum absolute atomic E-state index is 0.275. The molecule has 0 unspecified atom stereocenters. The van der Waals surface area contributed by atoms with Crippen LogP contribution in [0.4, 0.5) is 11.4 Å². The zero-order valence-corrected chi connectivity index (χ0v) is 18.4. The van der Waals surface area contributed by atoms with Crippen LogP contribution < -0.4 is 20.1 Å². The zero-order valence-electron chi connectivity index (χ0n) is 18.4. The Kier molecular flexibility index (Phi) is 8.26. The number of amides is 2. The maximum atomic E-state index is 12.7. The SMILES string of the molecule is CCCOc1ccccc1NC(=O)c1ccc(C(=O)Nc2ccccc2OCCC)cc1. The van der Waals surface area contributed by atoms with Gasteiger partial charge in [-0.3, -0.25) is 9.59 Å². The van der Waals surface area contributed by atoms with Crippen molar-refractivity contribution in [1.82, 2.24) is 0 Å². The average Bonchev–Trinajstić information content (AvgIpc) is 2.83. The van der Waals surface area contributed by atoms with Crippen LogP contribution in [0.25, 0.3) is 0 Å². The summed E-state index contributed by atoms with van der Waals surface area (Å²) in [6.07, 6.45) is 1.75. The molecule has 166 valence electrons. The Bertz CT molecular complexity index is 963. The van der Waals surface area contributed by atoms with Crippen LogP contribution in [0.3, 0.4) is 0 Å². The van der Waals surface area contributed by atoms with Gasteiger partial charge in [-0.25, -0.2) is 0 Å². The molecule has 2 N–H and O–H groups in total. The monoisotopic (exact) mass is 432 g/mol. The van der Waals surface area contributed by atoms with E-state index < -0.39 is 0 Å². The van der Waals surface area contributed by atoms with Crippen LogP contribution in [0.1, 0.15) is 47.4 Å². The number of benzene rings is 3. The fourth-order valence-electron chi connectivity index (χ4n) is 2.98. The Hall–Kier alpha value is -3.80. The van der Waals surface area contributed by atoms with Crippen LogP contribution in [-0.4, -0.2) is 25.0 Å². The zero-order chi connectivity index (χ0) is 22.8. The molecule has 0 heterocycles. The summed E-state index contributed by atoms with van der Waals surface area (Å²) < 4.78 is 11.4. The summed E-state index contributed by atoms with van der Waals surface area (Å²) in [4.78, 5) is 25.3. The summed E-state index contributed by atoms with van der Waals surface area (Å²) in [7, 11) is 0. The predicted molar refractivity (Wildman–Crippen MR) is 127 cm³/mol. The number of anilines is 2. The molecule has 2 amide bonds. The number of rotatable bonds is 10. The van der Waals surface area contributed by atoms with Gasteiger partial charge in [0.05, 0.1) is 24.6 Å². The van der Waals surface area contributed by atoms with Crippen LogP contribution in [-0.2, 0) is 0 Å². The molecule has 0 aliphatic heterocycles.